The lowest BCUT2D eigenvalue weighted by atomic mass is 9.93. The number of aromatic amines is 2. The molecule has 14 heteroatoms. The minimum atomic E-state index is -4.94. The van der Waals surface area contributed by atoms with Crippen LogP contribution in [0.4, 0.5) is 18.9 Å². The molecule has 0 bridgehead atoms. The van der Waals surface area contributed by atoms with Crippen molar-refractivity contribution in [1.82, 2.24) is 30.8 Å². The summed E-state index contributed by atoms with van der Waals surface area (Å²) in [5, 5.41) is 29.5. The van der Waals surface area contributed by atoms with Crippen molar-refractivity contribution >= 4 is 11.7 Å². The van der Waals surface area contributed by atoms with Gasteiger partial charge in [0.25, 0.3) is 5.69 Å². The summed E-state index contributed by atoms with van der Waals surface area (Å²) in [4.78, 5) is 22.3. The number of nitro groups is 1. The van der Waals surface area contributed by atoms with Crippen molar-refractivity contribution in [3.8, 4) is 0 Å². The topological polar surface area (TPSA) is 153 Å². The number of aromatic nitrogens is 6. The highest BCUT2D eigenvalue weighted by atomic mass is 19.4. The fourth-order valence-electron chi connectivity index (χ4n) is 2.59. The van der Waals surface area contributed by atoms with Gasteiger partial charge in [-0.2, -0.15) is 13.2 Å². The summed E-state index contributed by atoms with van der Waals surface area (Å²) >= 11 is 0. The van der Waals surface area contributed by atoms with Gasteiger partial charge in [-0.05, 0) is 12.1 Å². The minimum Gasteiger partial charge on any atom is -0.448 e. The molecular weight excluding hydrogens is 399 g/mol. The molecule has 2 heterocycles. The number of nitro benzene ring substituents is 1. The molecule has 0 aliphatic heterocycles. The van der Waals surface area contributed by atoms with Crippen LogP contribution in [0.2, 0.25) is 0 Å². The maximum absolute atomic E-state index is 13.8. The number of ether oxygens (including phenoxy) is 1. The molecule has 2 aromatic heterocycles. The molecule has 0 amide bonds. The normalized spacial score (nSPS) is 13.6. The van der Waals surface area contributed by atoms with E-state index in [1.807, 2.05) is 0 Å². The van der Waals surface area contributed by atoms with E-state index in [9.17, 15) is 28.1 Å². The van der Waals surface area contributed by atoms with Crippen LogP contribution < -0.4 is 0 Å². The lowest BCUT2D eigenvalue weighted by molar-refractivity contribution is -0.384. The average Bonchev–Trinajstić information content (AvgIpc) is 3.37. The Morgan fingerprint density at radius 3 is 2.31 bits per heavy atom. The molecule has 29 heavy (non-hydrogen) atoms. The number of halogens is 3. The SMILES string of the molecule is O=C(OC(C(Cc1c[nH]nn1)c1c[nH]nn1)C(F)(F)F)c1ccc([N+](=O)[O-])cc1. The Labute approximate surface area is 159 Å². The van der Waals surface area contributed by atoms with Gasteiger partial charge in [-0.15, -0.1) is 10.2 Å². The first-order chi connectivity index (χ1) is 13.8. The van der Waals surface area contributed by atoms with E-state index in [1.54, 1.807) is 0 Å². The van der Waals surface area contributed by atoms with Crippen molar-refractivity contribution in [3.05, 3.63) is 63.7 Å². The number of rotatable bonds is 7. The fourth-order valence-corrected chi connectivity index (χ4v) is 2.59. The van der Waals surface area contributed by atoms with Crippen LogP contribution in [0.1, 0.15) is 27.7 Å². The highest BCUT2D eigenvalue weighted by Gasteiger charge is 2.49. The van der Waals surface area contributed by atoms with Gasteiger partial charge in [-0.25, -0.2) is 4.79 Å². The van der Waals surface area contributed by atoms with Gasteiger partial charge in [-0.3, -0.25) is 20.3 Å². The van der Waals surface area contributed by atoms with Crippen molar-refractivity contribution in [2.75, 3.05) is 0 Å². The Hall–Kier alpha value is -3.84. The lowest BCUT2D eigenvalue weighted by Gasteiger charge is -2.27. The number of non-ortho nitro benzene ring substituents is 1. The Kier molecular flexibility index (Phi) is 5.52. The van der Waals surface area contributed by atoms with Gasteiger partial charge < -0.3 is 4.74 Å². The number of H-pyrrole nitrogens is 2. The minimum absolute atomic E-state index is 0.0909. The Balaban J connectivity index is 1.89. The van der Waals surface area contributed by atoms with Crippen molar-refractivity contribution < 1.29 is 27.6 Å². The molecule has 0 radical (unpaired) electrons. The molecule has 0 fully saturated rings. The number of carbonyl (C=O) groups excluding carboxylic acids is 1. The van der Waals surface area contributed by atoms with Crippen LogP contribution in [-0.2, 0) is 11.2 Å². The van der Waals surface area contributed by atoms with Crippen LogP contribution in [-0.4, -0.2) is 54.0 Å². The zero-order chi connectivity index (χ0) is 21.0. The molecule has 2 N–H and O–H groups in total. The average molecular weight is 411 g/mol. The summed E-state index contributed by atoms with van der Waals surface area (Å²) in [5.74, 6) is -2.75. The van der Waals surface area contributed by atoms with Crippen LogP contribution >= 0.6 is 0 Å². The fraction of sp³-hybridized carbons (Fsp3) is 0.267. The molecular formula is C15H12F3N7O4. The lowest BCUT2D eigenvalue weighted by Crippen LogP contribution is -2.40. The van der Waals surface area contributed by atoms with Crippen molar-refractivity contribution in [1.29, 1.82) is 0 Å². The number of alkyl halides is 3. The number of hydrogen-bond acceptors (Lipinski definition) is 8. The van der Waals surface area contributed by atoms with Gasteiger partial charge in [0.15, 0.2) is 0 Å². The zero-order valence-corrected chi connectivity index (χ0v) is 14.3. The van der Waals surface area contributed by atoms with E-state index < -0.39 is 29.1 Å². The molecule has 0 spiro atoms. The second-order valence-electron chi connectivity index (χ2n) is 5.85. The molecule has 3 rings (SSSR count). The molecule has 2 unspecified atom stereocenters. The standard InChI is InChI=1S/C15H12F3N7O4/c16-15(17,18)13(29-14(26)8-1-3-10(4-2-8)25(27)28)11(12-7-20-24-22-12)5-9-6-19-23-21-9/h1-4,6-7,11,13H,5H2,(H,19,21,23)(H,20,22,24). The van der Waals surface area contributed by atoms with E-state index in [0.717, 1.165) is 30.5 Å². The molecule has 1 aromatic carbocycles. The summed E-state index contributed by atoms with van der Waals surface area (Å²) in [6, 6.07) is 4.00. The van der Waals surface area contributed by atoms with Crippen LogP contribution in [0.3, 0.4) is 0 Å². The number of carbonyl (C=O) groups is 1. The van der Waals surface area contributed by atoms with Gasteiger partial charge in [0, 0.05) is 30.9 Å². The largest absolute Gasteiger partial charge is 0.448 e. The predicted molar refractivity (Wildman–Crippen MR) is 87.6 cm³/mol. The molecule has 0 aliphatic rings. The van der Waals surface area contributed by atoms with Crippen molar-refractivity contribution in [2.24, 2.45) is 0 Å². The second kappa shape index (κ2) is 8.04. The zero-order valence-electron chi connectivity index (χ0n) is 14.3. The molecule has 152 valence electrons. The number of esters is 1. The Morgan fingerprint density at radius 1 is 1.14 bits per heavy atom. The third-order valence-electron chi connectivity index (χ3n) is 3.95. The summed E-state index contributed by atoms with van der Waals surface area (Å²) < 4.78 is 46.1. The van der Waals surface area contributed by atoms with Crippen molar-refractivity contribution in [3.63, 3.8) is 0 Å². The van der Waals surface area contributed by atoms with Crippen molar-refractivity contribution in [2.45, 2.75) is 24.6 Å². The molecule has 0 saturated heterocycles. The molecule has 0 saturated carbocycles. The van der Waals surface area contributed by atoms with E-state index in [4.69, 9.17) is 4.74 Å². The second-order valence-corrected chi connectivity index (χ2v) is 5.85. The number of nitrogens with one attached hydrogen (secondary N) is 2. The van der Waals surface area contributed by atoms with E-state index in [-0.39, 0.29) is 29.1 Å². The monoisotopic (exact) mass is 411 g/mol. The number of hydrogen-bond donors (Lipinski definition) is 2. The number of nitrogens with zero attached hydrogens (tertiary/aromatic N) is 5. The van der Waals surface area contributed by atoms with Gasteiger partial charge in [0.1, 0.15) is 0 Å². The molecule has 2 atom stereocenters. The van der Waals surface area contributed by atoms with E-state index in [0.29, 0.717) is 0 Å². The first kappa shape index (κ1) is 19.9. The summed E-state index contributed by atoms with van der Waals surface area (Å²) in [5.41, 5.74) is -0.490. The Morgan fingerprint density at radius 2 is 1.79 bits per heavy atom. The summed E-state index contributed by atoms with van der Waals surface area (Å²) in [6.45, 7) is 0. The first-order valence-electron chi connectivity index (χ1n) is 7.99. The van der Waals surface area contributed by atoms with Crippen LogP contribution in [0, 0.1) is 10.1 Å². The van der Waals surface area contributed by atoms with Gasteiger partial charge in [0.2, 0.25) is 6.10 Å². The van der Waals surface area contributed by atoms with Gasteiger partial charge in [-0.1, -0.05) is 10.4 Å². The quantitative estimate of drug-likeness (QED) is 0.340. The van der Waals surface area contributed by atoms with Gasteiger partial charge >= 0.3 is 12.1 Å². The molecule has 11 nitrogen and oxygen atoms in total. The van der Waals surface area contributed by atoms with E-state index in [1.165, 1.54) is 6.20 Å². The number of benzene rings is 1. The summed E-state index contributed by atoms with van der Waals surface area (Å²) in [7, 11) is 0. The maximum Gasteiger partial charge on any atom is 0.426 e. The van der Waals surface area contributed by atoms with Gasteiger partial charge in [0.05, 0.1) is 27.8 Å². The van der Waals surface area contributed by atoms with Crippen LogP contribution in [0.25, 0.3) is 0 Å². The van der Waals surface area contributed by atoms with Crippen LogP contribution in [0.5, 0.6) is 0 Å². The first-order valence-corrected chi connectivity index (χ1v) is 7.99. The maximum atomic E-state index is 13.8. The third kappa shape index (κ3) is 4.72. The third-order valence-corrected chi connectivity index (χ3v) is 3.95. The highest BCUT2D eigenvalue weighted by molar-refractivity contribution is 5.89. The Bertz CT molecular complexity index is 959. The molecule has 3 aromatic rings. The van der Waals surface area contributed by atoms with E-state index >= 15 is 0 Å². The van der Waals surface area contributed by atoms with Crippen LogP contribution in [0.15, 0.2) is 36.7 Å². The summed E-state index contributed by atoms with van der Waals surface area (Å²) in [6.07, 6.45) is -5.35. The smallest absolute Gasteiger partial charge is 0.426 e. The highest BCUT2D eigenvalue weighted by Crippen LogP contribution is 2.36. The molecule has 0 aliphatic carbocycles. The predicted octanol–water partition coefficient (Wildman–Crippen LogP) is 1.95. The van der Waals surface area contributed by atoms with E-state index in [2.05, 4.69) is 30.8 Å².